The van der Waals surface area contributed by atoms with Crippen LogP contribution in [0.25, 0.3) is 10.9 Å². The number of aliphatic hydroxyl groups is 1. The number of rotatable bonds is 2. The molecule has 0 spiro atoms. The molecule has 2 unspecified atom stereocenters. The van der Waals surface area contributed by atoms with Crippen molar-refractivity contribution >= 4 is 10.9 Å². The van der Waals surface area contributed by atoms with Crippen molar-refractivity contribution in [3.63, 3.8) is 0 Å². The first-order valence-corrected chi connectivity index (χ1v) is 6.96. The van der Waals surface area contributed by atoms with Crippen molar-refractivity contribution in [2.75, 3.05) is 0 Å². The zero-order valence-electron chi connectivity index (χ0n) is 11.3. The van der Waals surface area contributed by atoms with Gasteiger partial charge in [0.05, 0.1) is 16.8 Å². The van der Waals surface area contributed by atoms with Crippen LogP contribution in [0.15, 0.2) is 24.3 Å². The highest BCUT2D eigenvalue weighted by molar-refractivity contribution is 5.81. The Morgan fingerprint density at radius 1 is 1.47 bits per heavy atom. The predicted octanol–water partition coefficient (Wildman–Crippen LogP) is 1.75. The number of aryl methyl sites for hydroxylation is 1. The summed E-state index contributed by atoms with van der Waals surface area (Å²) in [5.74, 6) is 0. The number of nitrogens with two attached hydrogens (primary N) is 1. The predicted molar refractivity (Wildman–Crippen MR) is 75.8 cm³/mol. The second kappa shape index (κ2) is 4.62. The zero-order valence-corrected chi connectivity index (χ0v) is 11.3. The average Bonchev–Trinajstić information content (AvgIpc) is 2.66. The first-order chi connectivity index (χ1) is 9.07. The van der Waals surface area contributed by atoms with Crippen LogP contribution >= 0.6 is 0 Å². The lowest BCUT2D eigenvalue weighted by molar-refractivity contribution is -0.00253. The van der Waals surface area contributed by atoms with Gasteiger partial charge in [-0.3, -0.25) is 4.68 Å². The van der Waals surface area contributed by atoms with Crippen LogP contribution in [-0.2, 0) is 13.5 Å². The topological polar surface area (TPSA) is 64.1 Å². The average molecular weight is 259 g/mol. The molecule has 4 heteroatoms. The third kappa shape index (κ3) is 2.38. The second-order valence-electron chi connectivity index (χ2n) is 5.85. The van der Waals surface area contributed by atoms with E-state index in [1.165, 1.54) is 0 Å². The number of fused-ring (bicyclic) bond motifs is 1. The number of hydrogen-bond acceptors (Lipinski definition) is 3. The smallest absolute Gasteiger partial charge is 0.0731 e. The van der Waals surface area contributed by atoms with Crippen LogP contribution < -0.4 is 5.73 Å². The highest BCUT2D eigenvalue weighted by Gasteiger charge is 2.34. The van der Waals surface area contributed by atoms with Crippen molar-refractivity contribution in [3.8, 4) is 0 Å². The normalized spacial score (nSPS) is 27.8. The molecule has 1 aliphatic carbocycles. The zero-order chi connectivity index (χ0) is 13.5. The largest absolute Gasteiger partial charge is 0.389 e. The Labute approximate surface area is 113 Å². The Hall–Kier alpha value is -1.39. The van der Waals surface area contributed by atoms with Crippen molar-refractivity contribution in [1.82, 2.24) is 9.78 Å². The summed E-state index contributed by atoms with van der Waals surface area (Å²) >= 11 is 0. The van der Waals surface area contributed by atoms with Gasteiger partial charge >= 0.3 is 0 Å². The van der Waals surface area contributed by atoms with Crippen molar-refractivity contribution in [2.24, 2.45) is 12.8 Å². The lowest BCUT2D eigenvalue weighted by Gasteiger charge is -2.35. The molecule has 1 fully saturated rings. The summed E-state index contributed by atoms with van der Waals surface area (Å²) in [6, 6.07) is 8.28. The summed E-state index contributed by atoms with van der Waals surface area (Å²) in [4.78, 5) is 0. The van der Waals surface area contributed by atoms with Crippen molar-refractivity contribution in [3.05, 3.63) is 30.0 Å². The van der Waals surface area contributed by atoms with Crippen LogP contribution in [-0.4, -0.2) is 26.5 Å². The molecule has 4 nitrogen and oxygen atoms in total. The summed E-state index contributed by atoms with van der Waals surface area (Å²) in [6.07, 6.45) is 4.12. The van der Waals surface area contributed by atoms with Crippen LogP contribution in [0.4, 0.5) is 0 Å². The van der Waals surface area contributed by atoms with Gasteiger partial charge < -0.3 is 10.8 Å². The fourth-order valence-corrected chi connectivity index (χ4v) is 3.28. The molecule has 1 aromatic carbocycles. The van der Waals surface area contributed by atoms with Gasteiger partial charge in [0.25, 0.3) is 0 Å². The van der Waals surface area contributed by atoms with Gasteiger partial charge in [0.1, 0.15) is 0 Å². The monoisotopic (exact) mass is 259 g/mol. The van der Waals surface area contributed by atoms with E-state index in [1.54, 1.807) is 0 Å². The van der Waals surface area contributed by atoms with Crippen molar-refractivity contribution in [2.45, 2.75) is 43.7 Å². The van der Waals surface area contributed by atoms with Crippen molar-refractivity contribution in [1.29, 1.82) is 0 Å². The van der Waals surface area contributed by atoms with Crippen molar-refractivity contribution < 1.29 is 5.11 Å². The van der Waals surface area contributed by atoms with Gasteiger partial charge in [-0.15, -0.1) is 0 Å². The highest BCUT2D eigenvalue weighted by atomic mass is 16.3. The van der Waals surface area contributed by atoms with Gasteiger partial charge in [-0.2, -0.15) is 5.10 Å². The minimum atomic E-state index is -0.686. The molecule has 0 bridgehead atoms. The molecule has 2 aromatic rings. The minimum absolute atomic E-state index is 0.119. The molecule has 2 atom stereocenters. The Morgan fingerprint density at radius 3 is 3.05 bits per heavy atom. The lowest BCUT2D eigenvalue weighted by Crippen LogP contribution is -2.42. The third-order valence-electron chi connectivity index (χ3n) is 4.19. The molecule has 1 aromatic heterocycles. The highest BCUT2D eigenvalue weighted by Crippen LogP contribution is 2.32. The molecule has 19 heavy (non-hydrogen) atoms. The first-order valence-electron chi connectivity index (χ1n) is 6.96. The van der Waals surface area contributed by atoms with E-state index in [2.05, 4.69) is 17.2 Å². The van der Waals surface area contributed by atoms with Crippen LogP contribution in [0.3, 0.4) is 0 Å². The summed E-state index contributed by atoms with van der Waals surface area (Å²) in [6.45, 7) is 0. The molecule has 1 saturated carbocycles. The SMILES string of the molecule is Cn1nc(CC2(O)CCCC(N)C2)c2ccccc21. The summed E-state index contributed by atoms with van der Waals surface area (Å²) < 4.78 is 1.89. The summed E-state index contributed by atoms with van der Waals surface area (Å²) in [5, 5.41) is 16.4. The molecule has 0 radical (unpaired) electrons. The van der Waals surface area contributed by atoms with E-state index in [9.17, 15) is 5.11 Å². The Kier molecular flexibility index (Phi) is 3.07. The first kappa shape index (κ1) is 12.6. The van der Waals surface area contributed by atoms with E-state index in [4.69, 9.17) is 5.73 Å². The van der Waals surface area contributed by atoms with Gasteiger partial charge in [0, 0.05) is 24.9 Å². The number of benzene rings is 1. The minimum Gasteiger partial charge on any atom is -0.389 e. The third-order valence-corrected chi connectivity index (χ3v) is 4.19. The maximum absolute atomic E-state index is 10.7. The Balaban J connectivity index is 1.93. The Morgan fingerprint density at radius 2 is 2.26 bits per heavy atom. The Bertz CT molecular complexity index is 592. The van der Waals surface area contributed by atoms with E-state index < -0.39 is 5.60 Å². The molecular formula is C15H21N3O. The molecule has 3 rings (SSSR count). The number of aromatic nitrogens is 2. The number of nitrogens with zero attached hydrogens (tertiary/aromatic N) is 2. The van der Waals surface area contributed by atoms with E-state index in [0.717, 1.165) is 35.9 Å². The summed E-state index contributed by atoms with van der Waals surface area (Å²) in [5.41, 5.74) is 7.40. The molecule has 102 valence electrons. The quantitative estimate of drug-likeness (QED) is 0.863. The maximum atomic E-state index is 10.7. The molecule has 3 N–H and O–H groups in total. The van der Waals surface area contributed by atoms with E-state index >= 15 is 0 Å². The van der Waals surface area contributed by atoms with Crippen LogP contribution in [0.2, 0.25) is 0 Å². The van der Waals surface area contributed by atoms with Gasteiger partial charge in [0.15, 0.2) is 0 Å². The van der Waals surface area contributed by atoms with E-state index in [0.29, 0.717) is 12.8 Å². The standard InChI is InChI=1S/C15H21N3O/c1-18-14-7-3-2-6-12(14)13(17-18)10-15(19)8-4-5-11(16)9-15/h2-3,6-7,11,19H,4-5,8-10,16H2,1H3. The second-order valence-corrected chi connectivity index (χ2v) is 5.85. The lowest BCUT2D eigenvalue weighted by atomic mass is 9.79. The summed E-state index contributed by atoms with van der Waals surface area (Å²) in [7, 11) is 1.95. The molecule has 0 saturated heterocycles. The molecule has 0 amide bonds. The van der Waals surface area contributed by atoms with Gasteiger partial charge in [-0.1, -0.05) is 18.2 Å². The van der Waals surface area contributed by atoms with Gasteiger partial charge in [-0.05, 0) is 31.7 Å². The van der Waals surface area contributed by atoms with Crippen LogP contribution in [0, 0.1) is 0 Å². The van der Waals surface area contributed by atoms with Gasteiger partial charge in [0.2, 0.25) is 0 Å². The molecule has 1 aliphatic rings. The number of para-hydroxylation sites is 1. The van der Waals surface area contributed by atoms with Crippen LogP contribution in [0.1, 0.15) is 31.4 Å². The maximum Gasteiger partial charge on any atom is 0.0731 e. The van der Waals surface area contributed by atoms with E-state index in [-0.39, 0.29) is 6.04 Å². The van der Waals surface area contributed by atoms with Crippen LogP contribution in [0.5, 0.6) is 0 Å². The van der Waals surface area contributed by atoms with E-state index in [1.807, 2.05) is 23.9 Å². The molecule has 0 aliphatic heterocycles. The molecule has 1 heterocycles. The fourth-order valence-electron chi connectivity index (χ4n) is 3.28. The number of hydrogen-bond donors (Lipinski definition) is 2. The van der Waals surface area contributed by atoms with Gasteiger partial charge in [-0.25, -0.2) is 0 Å². The fraction of sp³-hybridized carbons (Fsp3) is 0.533. The molecular weight excluding hydrogens is 238 g/mol.